The third kappa shape index (κ3) is 2.74. The molecule has 2 unspecified atom stereocenters. The summed E-state index contributed by atoms with van der Waals surface area (Å²) in [6, 6.07) is 8.88. The monoisotopic (exact) mass is 409 g/mol. The van der Waals surface area contributed by atoms with Gasteiger partial charge in [-0.3, -0.25) is 0 Å². The summed E-state index contributed by atoms with van der Waals surface area (Å²) in [5.41, 5.74) is 10.6. The number of allylic oxidation sites excluding steroid dienone is 5. The first-order chi connectivity index (χ1) is 9.35. The van der Waals surface area contributed by atoms with Crippen LogP contribution in [0, 0.1) is 0 Å². The van der Waals surface area contributed by atoms with E-state index in [2.05, 4.69) is 65.0 Å². The molecule has 0 aromatic heterocycles. The molecule has 3 heteroatoms. The Balaban J connectivity index is 0.00000121. The van der Waals surface area contributed by atoms with Crippen LogP contribution in [0.3, 0.4) is 0 Å². The van der Waals surface area contributed by atoms with Gasteiger partial charge in [0.15, 0.2) is 0 Å². The molecular weight excluding hydrogens is 390 g/mol. The van der Waals surface area contributed by atoms with Gasteiger partial charge in [-0.2, -0.15) is 0 Å². The van der Waals surface area contributed by atoms with Crippen molar-refractivity contribution in [1.82, 2.24) is 0 Å². The van der Waals surface area contributed by atoms with E-state index in [1.54, 1.807) is 35.9 Å². The van der Waals surface area contributed by atoms with Gasteiger partial charge in [-0.1, -0.05) is 0 Å². The van der Waals surface area contributed by atoms with E-state index in [0.717, 1.165) is 0 Å². The van der Waals surface area contributed by atoms with Gasteiger partial charge in [-0.25, -0.2) is 0 Å². The molecule has 0 saturated carbocycles. The van der Waals surface area contributed by atoms with Gasteiger partial charge in [-0.05, 0) is 0 Å². The minimum atomic E-state index is 0. The largest absolute Gasteiger partial charge is 1.00 e. The Kier molecular flexibility index (Phi) is 6.16. The van der Waals surface area contributed by atoms with Crippen molar-refractivity contribution < 1.29 is 49.5 Å². The fourth-order valence-electron chi connectivity index (χ4n) is 3.80. The van der Waals surface area contributed by atoms with Crippen LogP contribution in [0.2, 0.25) is 3.12 Å². The van der Waals surface area contributed by atoms with E-state index < -0.39 is 0 Å². The SMILES string of the molecule is CC1=Cc2ccccc2C1C1=C(C)C(C)=C(C)[C]1(C)[Zr+2].[Cl-].[Cl-]. The molecule has 0 fully saturated rings. The summed E-state index contributed by atoms with van der Waals surface area (Å²) in [5, 5.41) is 0. The van der Waals surface area contributed by atoms with Crippen molar-refractivity contribution in [3.8, 4) is 0 Å². The van der Waals surface area contributed by atoms with E-state index in [1.165, 1.54) is 27.8 Å². The quantitative estimate of drug-likeness (QED) is 0.590. The molecule has 2 aliphatic rings. The average Bonchev–Trinajstić information content (AvgIpc) is 2.79. The Morgan fingerprint density at radius 3 is 2.09 bits per heavy atom. The van der Waals surface area contributed by atoms with Crippen LogP contribution in [0.15, 0.2) is 52.1 Å². The topological polar surface area (TPSA) is 0 Å². The third-order valence-electron chi connectivity index (χ3n) is 5.25. The van der Waals surface area contributed by atoms with Gasteiger partial charge in [0.25, 0.3) is 0 Å². The van der Waals surface area contributed by atoms with Crippen LogP contribution in [-0.4, -0.2) is 0 Å². The molecule has 0 radical (unpaired) electrons. The molecular formula is C19H21Cl2Zr. The number of hydrogen-bond donors (Lipinski definition) is 0. The molecule has 0 saturated heterocycles. The van der Waals surface area contributed by atoms with Gasteiger partial charge < -0.3 is 24.8 Å². The number of hydrogen-bond acceptors (Lipinski definition) is 0. The maximum absolute atomic E-state index is 2.42. The molecule has 115 valence electrons. The van der Waals surface area contributed by atoms with Gasteiger partial charge in [0, 0.05) is 0 Å². The van der Waals surface area contributed by atoms with Crippen LogP contribution in [0.1, 0.15) is 51.7 Å². The van der Waals surface area contributed by atoms with Crippen molar-refractivity contribution in [3.63, 3.8) is 0 Å². The van der Waals surface area contributed by atoms with Gasteiger partial charge in [-0.15, -0.1) is 0 Å². The Hall–Kier alpha value is -0.0969. The summed E-state index contributed by atoms with van der Waals surface area (Å²) in [7, 11) is 0. The van der Waals surface area contributed by atoms with Crippen LogP contribution in [0.25, 0.3) is 6.08 Å². The standard InChI is InChI=1S/C19H21.2ClH.Zr/c1-11-10-16-8-6-7-9-17(16)18(11)19-14(4)12(2)13(3)15(19)5;;;/h6-10,18H,1-5H3;2*1H;/q;;;+2/p-2. The Bertz CT molecular complexity index is 693. The molecule has 0 nitrogen and oxygen atoms in total. The number of rotatable bonds is 1. The number of halogens is 2. The number of benzene rings is 1. The van der Waals surface area contributed by atoms with Crippen molar-refractivity contribution in [1.29, 1.82) is 0 Å². The molecule has 2 atom stereocenters. The normalized spacial score (nSPS) is 26.5. The van der Waals surface area contributed by atoms with E-state index in [0.29, 0.717) is 5.92 Å². The molecule has 22 heavy (non-hydrogen) atoms. The number of fused-ring (bicyclic) bond motifs is 1. The molecule has 0 bridgehead atoms. The third-order valence-corrected chi connectivity index (χ3v) is 6.84. The molecule has 1 aromatic carbocycles. The molecule has 0 spiro atoms. The summed E-state index contributed by atoms with van der Waals surface area (Å²) in [6.45, 7) is 11.6. The van der Waals surface area contributed by atoms with Crippen LogP contribution < -0.4 is 24.8 Å². The van der Waals surface area contributed by atoms with E-state index in [4.69, 9.17) is 0 Å². The average molecular weight is 412 g/mol. The predicted molar refractivity (Wildman–Crippen MR) is 82.3 cm³/mol. The van der Waals surface area contributed by atoms with E-state index in [1.807, 2.05) is 0 Å². The zero-order valence-corrected chi connectivity index (χ0v) is 17.7. The first-order valence-corrected chi connectivity index (χ1v) is 8.50. The first kappa shape index (κ1) is 19.9. The smallest absolute Gasteiger partial charge is 1.00 e. The Morgan fingerprint density at radius 2 is 1.55 bits per heavy atom. The van der Waals surface area contributed by atoms with Crippen LogP contribution >= 0.6 is 0 Å². The Labute approximate surface area is 161 Å². The van der Waals surface area contributed by atoms with E-state index in [9.17, 15) is 0 Å². The zero-order chi connectivity index (χ0) is 14.7. The molecule has 1 aromatic rings. The van der Waals surface area contributed by atoms with E-state index in [-0.39, 0.29) is 27.9 Å². The van der Waals surface area contributed by atoms with Crippen molar-refractivity contribution >= 4 is 6.08 Å². The minimum Gasteiger partial charge on any atom is -1.00 e. The van der Waals surface area contributed by atoms with Gasteiger partial charge in [0.2, 0.25) is 0 Å². The van der Waals surface area contributed by atoms with Gasteiger partial charge in [0.05, 0.1) is 0 Å². The van der Waals surface area contributed by atoms with Crippen molar-refractivity contribution in [3.05, 3.63) is 63.3 Å². The fourth-order valence-corrected chi connectivity index (χ4v) is 5.08. The fraction of sp³-hybridized carbons (Fsp3) is 0.368. The second-order valence-corrected chi connectivity index (χ2v) is 8.82. The second kappa shape index (κ2) is 6.80. The Morgan fingerprint density at radius 1 is 0.955 bits per heavy atom. The maximum atomic E-state index is 2.42. The van der Waals surface area contributed by atoms with Gasteiger partial charge >= 0.3 is 138 Å². The maximum Gasteiger partial charge on any atom is -1.00 e. The van der Waals surface area contributed by atoms with Crippen molar-refractivity contribution in [2.45, 2.75) is 43.7 Å². The summed E-state index contributed by atoms with van der Waals surface area (Å²) < 4.78 is 0.262. The minimum absolute atomic E-state index is 0. The van der Waals surface area contributed by atoms with Gasteiger partial charge in [0.1, 0.15) is 0 Å². The molecule has 0 amide bonds. The first-order valence-electron chi connectivity index (χ1n) is 7.27. The molecule has 0 heterocycles. The summed E-state index contributed by atoms with van der Waals surface area (Å²) in [5.74, 6) is 0.489. The molecule has 3 rings (SSSR count). The summed E-state index contributed by atoms with van der Waals surface area (Å²) in [6.07, 6.45) is 2.37. The van der Waals surface area contributed by atoms with Crippen molar-refractivity contribution in [2.75, 3.05) is 0 Å². The van der Waals surface area contributed by atoms with E-state index >= 15 is 0 Å². The molecule has 2 aliphatic carbocycles. The summed E-state index contributed by atoms with van der Waals surface area (Å²) in [4.78, 5) is 0. The predicted octanol–water partition coefficient (Wildman–Crippen LogP) is -0.413. The van der Waals surface area contributed by atoms with Crippen LogP contribution in [0.4, 0.5) is 0 Å². The van der Waals surface area contributed by atoms with Crippen LogP contribution in [-0.2, 0) is 24.7 Å². The molecule has 0 N–H and O–H groups in total. The zero-order valence-electron chi connectivity index (χ0n) is 13.7. The second-order valence-electron chi connectivity index (χ2n) is 6.36. The van der Waals surface area contributed by atoms with Crippen LogP contribution in [0.5, 0.6) is 0 Å². The van der Waals surface area contributed by atoms with Crippen molar-refractivity contribution in [2.24, 2.45) is 0 Å². The molecule has 0 aliphatic heterocycles. The summed E-state index contributed by atoms with van der Waals surface area (Å²) >= 11 is 1.60.